The molecule has 2 heterocycles. The number of unbranched alkanes of at least 4 members (excludes halogenated alkanes) is 2. The normalized spacial score (nSPS) is 9.70. The molecular weight excluding hydrogens is 244 g/mol. The number of rotatable bonds is 6. The van der Waals surface area contributed by atoms with Gasteiger partial charge in [0.15, 0.2) is 0 Å². The third-order valence-electron chi connectivity index (χ3n) is 3.03. The minimum atomic E-state index is 1.12. The molecule has 2 aromatic heterocycles. The molecule has 0 spiro atoms. The zero-order chi connectivity index (χ0) is 14.5. The van der Waals surface area contributed by atoms with E-state index in [-0.39, 0.29) is 0 Å². The monoisotopic (exact) mass is 270 g/mol. The highest BCUT2D eigenvalue weighted by Gasteiger charge is 1.89. The Kier molecular flexibility index (Phi) is 9.12. The van der Waals surface area contributed by atoms with Crippen LogP contribution in [0.15, 0.2) is 48.8 Å². The molecule has 0 aliphatic heterocycles. The second-order valence-electron chi connectivity index (χ2n) is 4.85. The minimum absolute atomic E-state index is 1.12. The minimum Gasteiger partial charge on any atom is -0.261 e. The molecular formula is C18H26N2. The van der Waals surface area contributed by atoms with E-state index < -0.39 is 0 Å². The molecule has 0 saturated carbocycles. The Balaban J connectivity index is 0.000000200. The van der Waals surface area contributed by atoms with Gasteiger partial charge in [0.1, 0.15) is 0 Å². The van der Waals surface area contributed by atoms with Gasteiger partial charge in [0.25, 0.3) is 0 Å². The Morgan fingerprint density at radius 1 is 0.700 bits per heavy atom. The lowest BCUT2D eigenvalue weighted by Gasteiger charge is -1.95. The fourth-order valence-corrected chi connectivity index (χ4v) is 1.81. The van der Waals surface area contributed by atoms with E-state index in [0.29, 0.717) is 0 Å². The average molecular weight is 270 g/mol. The van der Waals surface area contributed by atoms with Crippen molar-refractivity contribution in [1.82, 2.24) is 9.97 Å². The van der Waals surface area contributed by atoms with E-state index in [1.807, 2.05) is 36.7 Å². The number of hydrogen-bond donors (Lipinski definition) is 0. The molecule has 2 aromatic rings. The van der Waals surface area contributed by atoms with Crippen molar-refractivity contribution in [3.63, 3.8) is 0 Å². The van der Waals surface area contributed by atoms with Crippen LogP contribution in [0.25, 0.3) is 0 Å². The second kappa shape index (κ2) is 11.2. The van der Waals surface area contributed by atoms with Crippen LogP contribution < -0.4 is 0 Å². The highest BCUT2D eigenvalue weighted by molar-refractivity contribution is 5.03. The molecule has 0 N–H and O–H groups in total. The van der Waals surface area contributed by atoms with Gasteiger partial charge in [0.05, 0.1) is 0 Å². The van der Waals surface area contributed by atoms with Gasteiger partial charge >= 0.3 is 0 Å². The number of aryl methyl sites for hydroxylation is 2. The summed E-state index contributed by atoms with van der Waals surface area (Å²) in [6, 6.07) is 12.1. The first-order chi connectivity index (χ1) is 9.86. The van der Waals surface area contributed by atoms with Crippen LogP contribution in [-0.2, 0) is 12.8 Å². The summed E-state index contributed by atoms with van der Waals surface area (Å²) >= 11 is 0. The number of aromatic nitrogens is 2. The van der Waals surface area contributed by atoms with E-state index >= 15 is 0 Å². The molecule has 2 nitrogen and oxygen atoms in total. The van der Waals surface area contributed by atoms with Crippen LogP contribution in [0.3, 0.4) is 0 Å². The summed E-state index contributed by atoms with van der Waals surface area (Å²) in [6.07, 6.45) is 10.9. The van der Waals surface area contributed by atoms with Crippen molar-refractivity contribution in [3.05, 3.63) is 60.2 Å². The van der Waals surface area contributed by atoms with E-state index in [0.717, 1.165) is 12.8 Å². The lowest BCUT2D eigenvalue weighted by molar-refractivity contribution is 0.777. The largest absolute Gasteiger partial charge is 0.261 e. The Labute approximate surface area is 123 Å². The van der Waals surface area contributed by atoms with Gasteiger partial charge in [-0.15, -0.1) is 0 Å². The fraction of sp³-hybridized carbons (Fsp3) is 0.444. The molecule has 0 fully saturated rings. The standard InChI is InChI=1S/2C9H13N/c2*1-2-3-6-9-7-4-5-8-10-9/h2*4-5,7-8H,2-3,6H2,1H3. The van der Waals surface area contributed by atoms with Crippen molar-refractivity contribution in [1.29, 1.82) is 0 Å². The molecule has 2 heteroatoms. The lowest BCUT2D eigenvalue weighted by atomic mass is 10.2. The van der Waals surface area contributed by atoms with E-state index in [2.05, 4.69) is 35.9 Å². The van der Waals surface area contributed by atoms with Crippen LogP contribution in [0, 0.1) is 0 Å². The van der Waals surface area contributed by atoms with E-state index in [4.69, 9.17) is 0 Å². The fourth-order valence-electron chi connectivity index (χ4n) is 1.81. The van der Waals surface area contributed by atoms with Gasteiger partial charge in [-0.1, -0.05) is 38.8 Å². The summed E-state index contributed by atoms with van der Waals surface area (Å²) in [5, 5.41) is 0. The quantitative estimate of drug-likeness (QED) is 0.750. The first-order valence-corrected chi connectivity index (χ1v) is 7.66. The maximum atomic E-state index is 4.22. The van der Waals surface area contributed by atoms with Crippen molar-refractivity contribution in [2.45, 2.75) is 52.4 Å². The SMILES string of the molecule is CCCCc1ccccn1.CCCCc1ccccn1. The van der Waals surface area contributed by atoms with Gasteiger partial charge in [-0.25, -0.2) is 0 Å². The maximum absolute atomic E-state index is 4.22. The summed E-state index contributed by atoms with van der Waals surface area (Å²) in [7, 11) is 0. The predicted molar refractivity (Wildman–Crippen MR) is 85.7 cm³/mol. The first-order valence-electron chi connectivity index (χ1n) is 7.66. The zero-order valence-electron chi connectivity index (χ0n) is 12.8. The summed E-state index contributed by atoms with van der Waals surface area (Å²) in [5.74, 6) is 0. The van der Waals surface area contributed by atoms with E-state index in [1.54, 1.807) is 0 Å². The molecule has 0 saturated heterocycles. The van der Waals surface area contributed by atoms with Crippen LogP contribution in [0.1, 0.15) is 50.9 Å². The second-order valence-corrected chi connectivity index (χ2v) is 4.85. The Bertz CT molecular complexity index is 382. The van der Waals surface area contributed by atoms with Gasteiger partial charge in [-0.05, 0) is 49.9 Å². The number of hydrogen-bond acceptors (Lipinski definition) is 2. The molecule has 0 amide bonds. The summed E-state index contributed by atoms with van der Waals surface area (Å²) in [5.41, 5.74) is 2.42. The van der Waals surface area contributed by atoms with E-state index in [9.17, 15) is 0 Å². The van der Waals surface area contributed by atoms with Gasteiger partial charge in [0.2, 0.25) is 0 Å². The maximum Gasteiger partial charge on any atom is 0.0403 e. The van der Waals surface area contributed by atoms with Crippen molar-refractivity contribution >= 4 is 0 Å². The molecule has 0 aromatic carbocycles. The molecule has 0 aliphatic carbocycles. The molecule has 0 bridgehead atoms. The average Bonchev–Trinajstić information content (AvgIpc) is 2.53. The molecule has 2 rings (SSSR count). The molecule has 0 atom stereocenters. The van der Waals surface area contributed by atoms with Crippen LogP contribution in [-0.4, -0.2) is 9.97 Å². The third-order valence-corrected chi connectivity index (χ3v) is 3.03. The predicted octanol–water partition coefficient (Wildman–Crippen LogP) is 4.85. The van der Waals surface area contributed by atoms with Crippen molar-refractivity contribution in [2.75, 3.05) is 0 Å². The summed E-state index contributed by atoms with van der Waals surface area (Å²) in [4.78, 5) is 8.43. The van der Waals surface area contributed by atoms with Gasteiger partial charge < -0.3 is 0 Å². The van der Waals surface area contributed by atoms with E-state index in [1.165, 1.54) is 37.1 Å². The zero-order valence-corrected chi connectivity index (χ0v) is 12.8. The highest BCUT2D eigenvalue weighted by atomic mass is 14.7. The van der Waals surface area contributed by atoms with Crippen LogP contribution in [0.4, 0.5) is 0 Å². The van der Waals surface area contributed by atoms with Crippen molar-refractivity contribution in [2.24, 2.45) is 0 Å². The van der Waals surface area contributed by atoms with Gasteiger partial charge in [-0.3, -0.25) is 9.97 Å². The molecule has 108 valence electrons. The Hall–Kier alpha value is -1.70. The summed E-state index contributed by atoms with van der Waals surface area (Å²) in [6.45, 7) is 4.39. The van der Waals surface area contributed by atoms with Crippen LogP contribution in [0.2, 0.25) is 0 Å². The highest BCUT2D eigenvalue weighted by Crippen LogP contribution is 2.00. The first kappa shape index (κ1) is 16.4. The third kappa shape index (κ3) is 7.67. The molecule has 0 aliphatic rings. The molecule has 0 unspecified atom stereocenters. The van der Waals surface area contributed by atoms with Gasteiger partial charge in [0, 0.05) is 23.8 Å². The van der Waals surface area contributed by atoms with Crippen molar-refractivity contribution in [3.8, 4) is 0 Å². The Morgan fingerprint density at radius 2 is 1.15 bits per heavy atom. The van der Waals surface area contributed by atoms with Crippen LogP contribution >= 0.6 is 0 Å². The smallest absolute Gasteiger partial charge is 0.0403 e. The van der Waals surface area contributed by atoms with Crippen LogP contribution in [0.5, 0.6) is 0 Å². The number of pyridine rings is 2. The Morgan fingerprint density at radius 3 is 1.45 bits per heavy atom. The lowest BCUT2D eigenvalue weighted by Crippen LogP contribution is -1.86. The summed E-state index contributed by atoms with van der Waals surface area (Å²) < 4.78 is 0. The molecule has 0 radical (unpaired) electrons. The topological polar surface area (TPSA) is 25.8 Å². The van der Waals surface area contributed by atoms with Crippen molar-refractivity contribution < 1.29 is 0 Å². The molecule has 20 heavy (non-hydrogen) atoms. The van der Waals surface area contributed by atoms with Gasteiger partial charge in [-0.2, -0.15) is 0 Å². The number of nitrogens with zero attached hydrogens (tertiary/aromatic N) is 2.